The Morgan fingerprint density at radius 2 is 2.22 bits per heavy atom. The minimum absolute atomic E-state index is 0.0839. The number of ether oxygens (including phenoxy) is 2. The van der Waals surface area contributed by atoms with Gasteiger partial charge in [-0.1, -0.05) is 13.8 Å². The van der Waals surface area contributed by atoms with Gasteiger partial charge in [-0.3, -0.25) is 4.79 Å². The molecule has 0 aliphatic carbocycles. The summed E-state index contributed by atoms with van der Waals surface area (Å²) >= 11 is 0. The first-order valence-electron chi connectivity index (χ1n) is 5.71. The summed E-state index contributed by atoms with van der Waals surface area (Å²) in [6, 6.07) is 4.45. The van der Waals surface area contributed by atoms with Crippen molar-refractivity contribution in [3.8, 4) is 11.5 Å². The van der Waals surface area contributed by atoms with E-state index in [4.69, 9.17) is 9.47 Å². The second kappa shape index (κ2) is 4.68. The van der Waals surface area contributed by atoms with Crippen LogP contribution in [0.1, 0.15) is 19.4 Å². The van der Waals surface area contributed by atoms with Gasteiger partial charge in [-0.2, -0.15) is 0 Å². The van der Waals surface area contributed by atoms with Crippen LogP contribution in [0.3, 0.4) is 0 Å². The summed E-state index contributed by atoms with van der Waals surface area (Å²) in [4.78, 5) is 23.1. The van der Waals surface area contributed by atoms with Crippen molar-refractivity contribution in [1.29, 1.82) is 0 Å². The van der Waals surface area contributed by atoms with Crippen molar-refractivity contribution in [2.45, 2.75) is 26.4 Å². The number of rotatable bonds is 2. The average Bonchev–Trinajstić information content (AvgIpc) is 2.30. The van der Waals surface area contributed by atoms with Gasteiger partial charge in [0.1, 0.15) is 11.5 Å². The van der Waals surface area contributed by atoms with E-state index >= 15 is 0 Å². The molecule has 5 heteroatoms. The zero-order valence-corrected chi connectivity index (χ0v) is 10.2. The molecule has 1 N–H and O–H groups in total. The first-order chi connectivity index (χ1) is 8.47. The van der Waals surface area contributed by atoms with Crippen molar-refractivity contribution in [3.05, 3.63) is 23.8 Å². The zero-order valence-electron chi connectivity index (χ0n) is 10.2. The van der Waals surface area contributed by atoms with Crippen molar-refractivity contribution in [2.24, 2.45) is 5.92 Å². The minimum Gasteiger partial charge on any atom is -0.508 e. The van der Waals surface area contributed by atoms with Gasteiger partial charge in [0.15, 0.2) is 0 Å². The molecule has 1 aliphatic rings. The van der Waals surface area contributed by atoms with Crippen LogP contribution in [0, 0.1) is 5.92 Å². The van der Waals surface area contributed by atoms with Gasteiger partial charge in [0, 0.05) is 12.0 Å². The third-order valence-corrected chi connectivity index (χ3v) is 2.65. The van der Waals surface area contributed by atoms with Gasteiger partial charge in [0.25, 0.3) is 0 Å². The maximum Gasteiger partial charge on any atom is 0.353 e. The van der Waals surface area contributed by atoms with E-state index in [1.54, 1.807) is 13.8 Å². The van der Waals surface area contributed by atoms with Gasteiger partial charge >= 0.3 is 11.9 Å². The van der Waals surface area contributed by atoms with Gasteiger partial charge in [-0.05, 0) is 18.2 Å². The number of benzene rings is 1. The Hall–Kier alpha value is -2.04. The summed E-state index contributed by atoms with van der Waals surface area (Å²) in [6.07, 6.45) is -0.713. The highest BCUT2D eigenvalue weighted by molar-refractivity contribution is 5.83. The maximum atomic E-state index is 11.6. The van der Waals surface area contributed by atoms with Crippen LogP contribution >= 0.6 is 0 Å². The predicted octanol–water partition coefficient (Wildman–Crippen LogP) is 1.42. The monoisotopic (exact) mass is 250 g/mol. The van der Waals surface area contributed by atoms with E-state index in [2.05, 4.69) is 0 Å². The number of aromatic hydroxyl groups is 1. The molecule has 2 rings (SSSR count). The van der Waals surface area contributed by atoms with Crippen LogP contribution in [0.2, 0.25) is 0 Å². The van der Waals surface area contributed by atoms with E-state index in [0.29, 0.717) is 11.3 Å². The average molecular weight is 250 g/mol. The standard InChI is InChI=1S/C13H14O5/c1-7(2)12(15)18-11-6-8-5-9(14)3-4-10(8)17-13(11)16/h3-5,7,11,14H,6H2,1-2H3. The summed E-state index contributed by atoms with van der Waals surface area (Å²) in [6.45, 7) is 3.38. The number of esters is 2. The van der Waals surface area contributed by atoms with Gasteiger partial charge in [-0.15, -0.1) is 0 Å². The van der Waals surface area contributed by atoms with Gasteiger partial charge in [0.2, 0.25) is 6.10 Å². The van der Waals surface area contributed by atoms with E-state index < -0.39 is 18.0 Å². The number of phenolic OH excluding ortho intramolecular Hbond substituents is 1. The molecular formula is C13H14O5. The number of hydrogen-bond acceptors (Lipinski definition) is 5. The minimum atomic E-state index is -0.936. The smallest absolute Gasteiger partial charge is 0.353 e. The van der Waals surface area contributed by atoms with Crippen molar-refractivity contribution in [2.75, 3.05) is 0 Å². The fraction of sp³-hybridized carbons (Fsp3) is 0.385. The molecule has 1 aliphatic heterocycles. The van der Waals surface area contributed by atoms with Crippen LogP contribution in [0.4, 0.5) is 0 Å². The van der Waals surface area contributed by atoms with Crippen molar-refractivity contribution in [3.63, 3.8) is 0 Å². The quantitative estimate of drug-likeness (QED) is 0.634. The third kappa shape index (κ3) is 2.45. The van der Waals surface area contributed by atoms with E-state index in [-0.39, 0.29) is 18.1 Å². The molecule has 0 saturated heterocycles. The Balaban J connectivity index is 2.17. The van der Waals surface area contributed by atoms with Crippen LogP contribution in [0.5, 0.6) is 11.5 Å². The molecule has 1 heterocycles. The SMILES string of the molecule is CC(C)C(=O)OC1Cc2cc(O)ccc2OC1=O. The molecule has 0 amide bonds. The molecule has 1 aromatic rings. The summed E-state index contributed by atoms with van der Waals surface area (Å²) < 4.78 is 10.1. The Morgan fingerprint density at radius 1 is 1.50 bits per heavy atom. The van der Waals surface area contributed by atoms with Crippen molar-refractivity contribution in [1.82, 2.24) is 0 Å². The van der Waals surface area contributed by atoms with Gasteiger partial charge in [0.05, 0.1) is 5.92 Å². The first-order valence-corrected chi connectivity index (χ1v) is 5.71. The fourth-order valence-corrected chi connectivity index (χ4v) is 1.65. The molecule has 0 bridgehead atoms. The Labute approximate surface area is 104 Å². The van der Waals surface area contributed by atoms with Crippen molar-refractivity contribution >= 4 is 11.9 Å². The normalized spacial score (nSPS) is 18.2. The third-order valence-electron chi connectivity index (χ3n) is 2.65. The number of carbonyl (C=O) groups excluding carboxylic acids is 2. The van der Waals surface area contributed by atoms with Crippen LogP contribution in [0.25, 0.3) is 0 Å². The Bertz CT molecular complexity index is 492. The first kappa shape index (κ1) is 12.4. The highest BCUT2D eigenvalue weighted by atomic mass is 16.6. The lowest BCUT2D eigenvalue weighted by molar-refractivity contribution is -0.165. The summed E-state index contributed by atoms with van der Waals surface area (Å²) in [5.41, 5.74) is 0.649. The molecule has 0 saturated carbocycles. The maximum absolute atomic E-state index is 11.6. The van der Waals surface area contributed by atoms with Gasteiger partial charge in [-0.25, -0.2) is 4.79 Å². The van der Waals surface area contributed by atoms with E-state index in [0.717, 1.165) is 0 Å². The Morgan fingerprint density at radius 3 is 2.89 bits per heavy atom. The predicted molar refractivity (Wildman–Crippen MR) is 62.2 cm³/mol. The van der Waals surface area contributed by atoms with Crippen LogP contribution < -0.4 is 4.74 Å². The molecule has 96 valence electrons. The fourth-order valence-electron chi connectivity index (χ4n) is 1.65. The van der Waals surface area contributed by atoms with Crippen molar-refractivity contribution < 1.29 is 24.2 Å². The summed E-state index contributed by atoms with van der Waals surface area (Å²) in [5.74, 6) is -0.846. The zero-order chi connectivity index (χ0) is 13.3. The van der Waals surface area contributed by atoms with Gasteiger partial charge < -0.3 is 14.6 Å². The second-order valence-corrected chi connectivity index (χ2v) is 4.50. The molecule has 1 unspecified atom stereocenters. The van der Waals surface area contributed by atoms with E-state index in [1.165, 1.54) is 18.2 Å². The lowest BCUT2D eigenvalue weighted by atomic mass is 10.0. The molecule has 0 spiro atoms. The molecule has 0 aromatic heterocycles. The highest BCUT2D eigenvalue weighted by Crippen LogP contribution is 2.29. The van der Waals surface area contributed by atoms with Crippen LogP contribution in [0.15, 0.2) is 18.2 Å². The summed E-state index contributed by atoms with van der Waals surface area (Å²) in [7, 11) is 0. The topological polar surface area (TPSA) is 72.8 Å². The molecule has 18 heavy (non-hydrogen) atoms. The number of hydrogen-bond donors (Lipinski definition) is 1. The molecule has 1 atom stereocenters. The van der Waals surface area contributed by atoms with E-state index in [1.807, 2.05) is 0 Å². The number of phenols is 1. The van der Waals surface area contributed by atoms with Crippen LogP contribution in [-0.2, 0) is 20.7 Å². The number of fused-ring (bicyclic) bond motifs is 1. The summed E-state index contributed by atoms with van der Waals surface area (Å²) in [5, 5.41) is 9.36. The second-order valence-electron chi connectivity index (χ2n) is 4.50. The molecular weight excluding hydrogens is 236 g/mol. The lowest BCUT2D eigenvalue weighted by Crippen LogP contribution is -2.37. The highest BCUT2D eigenvalue weighted by Gasteiger charge is 2.32. The number of carbonyl (C=O) groups is 2. The molecule has 5 nitrogen and oxygen atoms in total. The lowest BCUT2D eigenvalue weighted by Gasteiger charge is -2.23. The van der Waals surface area contributed by atoms with E-state index in [9.17, 15) is 14.7 Å². The largest absolute Gasteiger partial charge is 0.508 e. The molecule has 0 radical (unpaired) electrons. The molecule has 1 aromatic carbocycles. The Kier molecular flexibility index (Phi) is 3.23. The van der Waals surface area contributed by atoms with Crippen LogP contribution in [-0.4, -0.2) is 23.1 Å². The molecule has 0 fully saturated rings.